The number of benzene rings is 2. The van der Waals surface area contributed by atoms with Crippen molar-refractivity contribution in [2.45, 2.75) is 6.92 Å². The minimum Gasteiger partial charge on any atom is -0.497 e. The number of carbonyl (C=O) groups is 1. The minimum atomic E-state index is -0.386. The van der Waals surface area contributed by atoms with Crippen LogP contribution >= 0.6 is 11.6 Å². The summed E-state index contributed by atoms with van der Waals surface area (Å²) in [5, 5.41) is 5.20. The monoisotopic (exact) mass is 383 g/mol. The van der Waals surface area contributed by atoms with Crippen LogP contribution in [-0.4, -0.2) is 30.8 Å². The van der Waals surface area contributed by atoms with Gasteiger partial charge in [-0.2, -0.15) is 5.10 Å². The molecule has 0 aliphatic carbocycles. The second-order valence-corrected chi connectivity index (χ2v) is 6.13. The quantitative estimate of drug-likeness (QED) is 0.400. The van der Waals surface area contributed by atoms with Crippen molar-refractivity contribution in [2.24, 2.45) is 5.10 Å². The van der Waals surface area contributed by atoms with Crippen LogP contribution in [0.5, 0.6) is 11.5 Å². The SMILES string of the molecule is COc1ccc(OCC(=O)N/N=C\c2cc3cccc(C)c3nc2Cl)cc1. The summed E-state index contributed by atoms with van der Waals surface area (Å²) in [7, 11) is 1.58. The maximum atomic E-state index is 11.8. The fourth-order valence-corrected chi connectivity index (χ4v) is 2.65. The summed E-state index contributed by atoms with van der Waals surface area (Å²) in [6.07, 6.45) is 1.46. The Morgan fingerprint density at radius 1 is 1.22 bits per heavy atom. The highest BCUT2D eigenvalue weighted by atomic mass is 35.5. The first-order valence-electron chi connectivity index (χ1n) is 8.21. The van der Waals surface area contributed by atoms with Gasteiger partial charge >= 0.3 is 0 Å². The number of ether oxygens (including phenoxy) is 2. The van der Waals surface area contributed by atoms with E-state index >= 15 is 0 Å². The largest absolute Gasteiger partial charge is 0.497 e. The van der Waals surface area contributed by atoms with Crippen LogP contribution in [0.1, 0.15) is 11.1 Å². The Bertz CT molecular complexity index is 988. The van der Waals surface area contributed by atoms with Crippen LogP contribution in [0.25, 0.3) is 10.9 Å². The van der Waals surface area contributed by atoms with Crippen LogP contribution in [0.4, 0.5) is 0 Å². The van der Waals surface area contributed by atoms with E-state index in [1.807, 2.05) is 31.2 Å². The zero-order valence-electron chi connectivity index (χ0n) is 14.9. The maximum absolute atomic E-state index is 11.8. The molecule has 0 aliphatic heterocycles. The Morgan fingerprint density at radius 3 is 2.70 bits per heavy atom. The number of amides is 1. The first-order chi connectivity index (χ1) is 13.1. The average molecular weight is 384 g/mol. The van der Waals surface area contributed by atoms with E-state index < -0.39 is 0 Å². The van der Waals surface area contributed by atoms with E-state index in [4.69, 9.17) is 21.1 Å². The number of rotatable bonds is 6. The lowest BCUT2D eigenvalue weighted by Crippen LogP contribution is -2.24. The van der Waals surface area contributed by atoms with Gasteiger partial charge in [-0.15, -0.1) is 0 Å². The molecule has 0 fully saturated rings. The van der Waals surface area contributed by atoms with Gasteiger partial charge in [-0.25, -0.2) is 10.4 Å². The summed E-state index contributed by atoms with van der Waals surface area (Å²) in [6, 6.07) is 14.7. The molecule has 0 aliphatic rings. The number of pyridine rings is 1. The normalized spacial score (nSPS) is 10.9. The summed E-state index contributed by atoms with van der Waals surface area (Å²) in [6.45, 7) is 1.81. The lowest BCUT2D eigenvalue weighted by molar-refractivity contribution is -0.123. The van der Waals surface area contributed by atoms with E-state index in [0.717, 1.165) is 16.5 Å². The molecule has 27 heavy (non-hydrogen) atoms. The van der Waals surface area contributed by atoms with Crippen LogP contribution in [-0.2, 0) is 4.79 Å². The lowest BCUT2D eigenvalue weighted by Gasteiger charge is -2.06. The van der Waals surface area contributed by atoms with E-state index in [1.54, 1.807) is 31.4 Å². The molecular weight excluding hydrogens is 366 g/mol. The molecule has 0 saturated heterocycles. The number of halogens is 1. The predicted octanol–water partition coefficient (Wildman–Crippen LogP) is 3.73. The molecule has 2 aromatic carbocycles. The third kappa shape index (κ3) is 4.74. The van der Waals surface area contributed by atoms with Crippen molar-refractivity contribution >= 4 is 34.6 Å². The van der Waals surface area contributed by atoms with Gasteiger partial charge in [0.1, 0.15) is 16.7 Å². The number of hydrogen-bond acceptors (Lipinski definition) is 5. The van der Waals surface area contributed by atoms with Gasteiger partial charge in [0, 0.05) is 10.9 Å². The number of aryl methyl sites for hydroxylation is 1. The Kier molecular flexibility index (Phi) is 5.88. The first kappa shape index (κ1) is 18.7. The fourth-order valence-electron chi connectivity index (χ4n) is 2.46. The molecule has 0 bridgehead atoms. The van der Waals surface area contributed by atoms with Crippen LogP contribution < -0.4 is 14.9 Å². The Hall–Kier alpha value is -3.12. The van der Waals surface area contributed by atoms with Gasteiger partial charge in [0.2, 0.25) is 0 Å². The smallest absolute Gasteiger partial charge is 0.277 e. The second-order valence-electron chi connectivity index (χ2n) is 5.77. The molecule has 1 N–H and O–H groups in total. The molecule has 0 atom stereocenters. The number of methoxy groups -OCH3 is 1. The molecule has 0 spiro atoms. The summed E-state index contributed by atoms with van der Waals surface area (Å²) < 4.78 is 10.4. The van der Waals surface area contributed by atoms with Crippen molar-refractivity contribution in [3.05, 3.63) is 64.8 Å². The van der Waals surface area contributed by atoms with Crippen LogP contribution in [0.15, 0.2) is 53.6 Å². The molecule has 3 aromatic rings. The number of carbonyl (C=O) groups excluding carboxylic acids is 1. The minimum absolute atomic E-state index is 0.160. The lowest BCUT2D eigenvalue weighted by atomic mass is 10.1. The van der Waals surface area contributed by atoms with Crippen molar-refractivity contribution < 1.29 is 14.3 Å². The molecule has 6 nitrogen and oxygen atoms in total. The van der Waals surface area contributed by atoms with Gasteiger partial charge in [0.15, 0.2) is 6.61 Å². The second kappa shape index (κ2) is 8.51. The van der Waals surface area contributed by atoms with Crippen molar-refractivity contribution in [1.82, 2.24) is 10.4 Å². The molecular formula is C20H18ClN3O3. The Balaban J connectivity index is 1.58. The number of aromatic nitrogens is 1. The van der Waals surface area contributed by atoms with Gasteiger partial charge in [-0.05, 0) is 42.8 Å². The fraction of sp³-hybridized carbons (Fsp3) is 0.150. The average Bonchev–Trinajstić information content (AvgIpc) is 2.68. The van der Waals surface area contributed by atoms with E-state index in [-0.39, 0.29) is 12.5 Å². The molecule has 0 saturated carbocycles. The zero-order chi connectivity index (χ0) is 19.2. The Labute approximate surface area is 161 Å². The van der Waals surface area contributed by atoms with Gasteiger partial charge in [0.25, 0.3) is 5.91 Å². The van der Waals surface area contributed by atoms with Crippen molar-refractivity contribution in [3.63, 3.8) is 0 Å². The van der Waals surface area contributed by atoms with E-state index in [9.17, 15) is 4.79 Å². The third-order valence-corrected chi connectivity index (χ3v) is 4.15. The number of para-hydroxylation sites is 1. The van der Waals surface area contributed by atoms with E-state index in [1.165, 1.54) is 6.21 Å². The standard InChI is InChI=1S/C20H18ClN3O3/c1-13-4-3-5-14-10-15(20(21)23-19(13)14)11-22-24-18(25)12-27-17-8-6-16(26-2)7-9-17/h3-11H,12H2,1-2H3,(H,24,25)/b22-11-. The Morgan fingerprint density at radius 2 is 1.96 bits per heavy atom. The van der Waals surface area contributed by atoms with Crippen LogP contribution in [0.2, 0.25) is 5.15 Å². The van der Waals surface area contributed by atoms with Gasteiger partial charge in [-0.1, -0.05) is 29.8 Å². The van der Waals surface area contributed by atoms with E-state index in [2.05, 4.69) is 15.5 Å². The number of fused-ring (bicyclic) bond motifs is 1. The number of nitrogens with one attached hydrogen (secondary N) is 1. The molecule has 7 heteroatoms. The highest BCUT2D eigenvalue weighted by Crippen LogP contribution is 2.21. The summed E-state index contributed by atoms with van der Waals surface area (Å²) in [4.78, 5) is 16.2. The third-order valence-electron chi connectivity index (χ3n) is 3.85. The number of hydrogen-bond donors (Lipinski definition) is 1. The van der Waals surface area contributed by atoms with Gasteiger partial charge in [0.05, 0.1) is 18.8 Å². The molecule has 138 valence electrons. The number of hydrazone groups is 1. The molecule has 1 heterocycles. The molecule has 1 aromatic heterocycles. The summed E-state index contributed by atoms with van der Waals surface area (Å²) in [5.74, 6) is 0.891. The zero-order valence-corrected chi connectivity index (χ0v) is 15.7. The number of nitrogens with zero attached hydrogens (tertiary/aromatic N) is 2. The van der Waals surface area contributed by atoms with E-state index in [0.29, 0.717) is 22.2 Å². The highest BCUT2D eigenvalue weighted by Gasteiger charge is 2.06. The molecule has 0 radical (unpaired) electrons. The van der Waals surface area contributed by atoms with Gasteiger partial charge in [-0.3, -0.25) is 4.79 Å². The highest BCUT2D eigenvalue weighted by molar-refractivity contribution is 6.32. The maximum Gasteiger partial charge on any atom is 0.277 e. The molecule has 3 rings (SSSR count). The van der Waals surface area contributed by atoms with Crippen molar-refractivity contribution in [2.75, 3.05) is 13.7 Å². The van der Waals surface area contributed by atoms with Crippen LogP contribution in [0.3, 0.4) is 0 Å². The van der Waals surface area contributed by atoms with Crippen molar-refractivity contribution in [3.8, 4) is 11.5 Å². The molecule has 0 unspecified atom stereocenters. The topological polar surface area (TPSA) is 72.8 Å². The molecule has 1 amide bonds. The summed E-state index contributed by atoms with van der Waals surface area (Å²) >= 11 is 6.21. The van der Waals surface area contributed by atoms with Crippen molar-refractivity contribution in [1.29, 1.82) is 0 Å². The van der Waals surface area contributed by atoms with Crippen LogP contribution in [0, 0.1) is 6.92 Å². The van der Waals surface area contributed by atoms with Gasteiger partial charge < -0.3 is 9.47 Å². The predicted molar refractivity (Wildman–Crippen MR) is 106 cm³/mol. The summed E-state index contributed by atoms with van der Waals surface area (Å²) in [5.41, 5.74) is 4.91. The first-order valence-corrected chi connectivity index (χ1v) is 8.59.